The number of hydrogen-bond donors (Lipinski definition) is 1. The largest absolute Gasteiger partial charge is 0.493 e. The normalized spacial score (nSPS) is 10.7. The second-order valence-corrected chi connectivity index (χ2v) is 5.28. The summed E-state index contributed by atoms with van der Waals surface area (Å²) < 4.78 is 7.03. The molecule has 0 fully saturated rings. The molecule has 0 bridgehead atoms. The van der Waals surface area contributed by atoms with Gasteiger partial charge in [0.2, 0.25) is 0 Å². The number of aryl methyl sites for hydroxylation is 1. The van der Waals surface area contributed by atoms with Gasteiger partial charge >= 0.3 is 0 Å². The number of aromatic nitrogens is 3. The van der Waals surface area contributed by atoms with Crippen LogP contribution in [0.5, 0.6) is 5.75 Å². The molecule has 0 unspecified atom stereocenters. The first-order valence-electron chi connectivity index (χ1n) is 7.11. The summed E-state index contributed by atoms with van der Waals surface area (Å²) in [6.07, 6.45) is 3.89. The Morgan fingerprint density at radius 2 is 2.22 bits per heavy atom. The minimum Gasteiger partial charge on any atom is -0.493 e. The van der Waals surface area contributed by atoms with Crippen molar-refractivity contribution in [1.82, 2.24) is 14.4 Å². The maximum absolute atomic E-state index is 12.7. The molecule has 0 saturated heterocycles. The van der Waals surface area contributed by atoms with E-state index in [0.717, 1.165) is 0 Å². The third kappa shape index (κ3) is 2.85. The molecule has 0 spiro atoms. The van der Waals surface area contributed by atoms with E-state index in [2.05, 4.69) is 15.3 Å². The Balaban J connectivity index is 2.04. The van der Waals surface area contributed by atoms with Crippen molar-refractivity contribution in [2.24, 2.45) is 0 Å². The van der Waals surface area contributed by atoms with E-state index in [1.54, 1.807) is 29.8 Å². The number of amides is 1. The van der Waals surface area contributed by atoms with Gasteiger partial charge in [-0.15, -0.1) is 0 Å². The minimum atomic E-state index is -0.280. The number of rotatable bonds is 4. The number of anilines is 1. The summed E-state index contributed by atoms with van der Waals surface area (Å²) in [7, 11) is 1.58. The zero-order chi connectivity index (χ0) is 16.4. The van der Waals surface area contributed by atoms with Gasteiger partial charge in [0, 0.05) is 12.4 Å². The van der Waals surface area contributed by atoms with Crippen LogP contribution in [0.15, 0.2) is 36.7 Å². The summed E-state index contributed by atoms with van der Waals surface area (Å²) >= 11 is 5.80. The fraction of sp³-hybridized carbons (Fsp3) is 0.188. The lowest BCUT2D eigenvalue weighted by molar-refractivity contribution is 0.102. The Morgan fingerprint density at radius 3 is 2.87 bits per heavy atom. The molecule has 118 valence electrons. The Kier molecular flexibility index (Phi) is 4.16. The van der Waals surface area contributed by atoms with E-state index in [0.29, 0.717) is 40.0 Å². The molecule has 1 amide bonds. The average molecular weight is 331 g/mol. The number of fused-ring (bicyclic) bond motifs is 1. The Hall–Kier alpha value is -2.60. The van der Waals surface area contributed by atoms with Crippen LogP contribution in [0.3, 0.4) is 0 Å². The van der Waals surface area contributed by atoms with E-state index in [1.165, 1.54) is 6.20 Å². The summed E-state index contributed by atoms with van der Waals surface area (Å²) in [4.78, 5) is 21.3. The van der Waals surface area contributed by atoms with Gasteiger partial charge in [-0.3, -0.25) is 9.20 Å². The molecule has 3 aromatic rings. The van der Waals surface area contributed by atoms with E-state index in [9.17, 15) is 4.79 Å². The second kappa shape index (κ2) is 6.26. The Morgan fingerprint density at radius 1 is 1.39 bits per heavy atom. The van der Waals surface area contributed by atoms with Gasteiger partial charge < -0.3 is 10.1 Å². The number of carbonyl (C=O) groups is 1. The van der Waals surface area contributed by atoms with Crippen LogP contribution in [-0.2, 0) is 6.42 Å². The highest BCUT2D eigenvalue weighted by molar-refractivity contribution is 6.30. The van der Waals surface area contributed by atoms with Crippen LogP contribution in [0.1, 0.15) is 23.1 Å². The lowest BCUT2D eigenvalue weighted by Gasteiger charge is -2.06. The number of pyridine rings is 2. The van der Waals surface area contributed by atoms with Gasteiger partial charge in [0.25, 0.3) is 5.91 Å². The summed E-state index contributed by atoms with van der Waals surface area (Å²) in [5.74, 6) is 0.766. The highest BCUT2D eigenvalue weighted by Crippen LogP contribution is 2.23. The van der Waals surface area contributed by atoms with Gasteiger partial charge in [0.15, 0.2) is 11.4 Å². The SMILES string of the molecule is CCc1nc2c(OC)cccn2c1C(=O)Nc1ccc(Cl)cn1. The fourth-order valence-corrected chi connectivity index (χ4v) is 2.47. The fourth-order valence-electron chi connectivity index (χ4n) is 2.36. The molecule has 7 heteroatoms. The first-order valence-corrected chi connectivity index (χ1v) is 7.48. The van der Waals surface area contributed by atoms with Crippen LogP contribution in [-0.4, -0.2) is 27.4 Å². The molecule has 3 aromatic heterocycles. The average Bonchev–Trinajstić information content (AvgIpc) is 2.95. The van der Waals surface area contributed by atoms with Gasteiger partial charge in [-0.05, 0) is 30.7 Å². The second-order valence-electron chi connectivity index (χ2n) is 4.85. The molecule has 6 nitrogen and oxygen atoms in total. The smallest absolute Gasteiger partial charge is 0.275 e. The first-order chi connectivity index (χ1) is 11.1. The molecule has 0 saturated carbocycles. The van der Waals surface area contributed by atoms with Crippen molar-refractivity contribution >= 4 is 29.0 Å². The van der Waals surface area contributed by atoms with Crippen LogP contribution < -0.4 is 10.1 Å². The molecule has 23 heavy (non-hydrogen) atoms. The first kappa shape index (κ1) is 15.3. The molecular weight excluding hydrogens is 316 g/mol. The van der Waals surface area contributed by atoms with Gasteiger partial charge in [-0.2, -0.15) is 0 Å². The lowest BCUT2D eigenvalue weighted by Crippen LogP contribution is -2.17. The van der Waals surface area contributed by atoms with Crippen LogP contribution in [0.4, 0.5) is 5.82 Å². The van der Waals surface area contributed by atoms with Crippen molar-refractivity contribution in [3.05, 3.63) is 53.1 Å². The van der Waals surface area contributed by atoms with E-state index in [1.807, 2.05) is 19.1 Å². The molecule has 0 aliphatic carbocycles. The molecule has 0 aromatic carbocycles. The van der Waals surface area contributed by atoms with E-state index in [4.69, 9.17) is 16.3 Å². The molecule has 3 heterocycles. The zero-order valence-corrected chi connectivity index (χ0v) is 13.5. The van der Waals surface area contributed by atoms with E-state index >= 15 is 0 Å². The summed E-state index contributed by atoms with van der Waals surface area (Å²) in [6, 6.07) is 6.94. The van der Waals surface area contributed by atoms with Crippen molar-refractivity contribution in [3.63, 3.8) is 0 Å². The van der Waals surface area contributed by atoms with Crippen LogP contribution in [0.25, 0.3) is 5.65 Å². The monoisotopic (exact) mass is 330 g/mol. The minimum absolute atomic E-state index is 0.280. The predicted molar refractivity (Wildman–Crippen MR) is 88.3 cm³/mol. The third-order valence-corrected chi connectivity index (χ3v) is 3.65. The summed E-state index contributed by atoms with van der Waals surface area (Å²) in [5.41, 5.74) is 1.78. The van der Waals surface area contributed by atoms with Gasteiger partial charge in [0.05, 0.1) is 17.8 Å². The van der Waals surface area contributed by atoms with Crippen molar-refractivity contribution in [2.45, 2.75) is 13.3 Å². The number of nitrogens with zero attached hydrogens (tertiary/aromatic N) is 3. The lowest BCUT2D eigenvalue weighted by atomic mass is 10.2. The van der Waals surface area contributed by atoms with Crippen molar-refractivity contribution in [3.8, 4) is 5.75 Å². The number of halogens is 1. The van der Waals surface area contributed by atoms with Gasteiger partial charge in [-0.1, -0.05) is 18.5 Å². The van der Waals surface area contributed by atoms with E-state index in [-0.39, 0.29) is 5.91 Å². The number of imidazole rings is 1. The van der Waals surface area contributed by atoms with E-state index < -0.39 is 0 Å². The maximum atomic E-state index is 12.7. The summed E-state index contributed by atoms with van der Waals surface area (Å²) in [6.45, 7) is 1.95. The number of hydrogen-bond acceptors (Lipinski definition) is 4. The highest BCUT2D eigenvalue weighted by atomic mass is 35.5. The molecule has 1 N–H and O–H groups in total. The van der Waals surface area contributed by atoms with Crippen molar-refractivity contribution in [2.75, 3.05) is 12.4 Å². The topological polar surface area (TPSA) is 68.5 Å². The highest BCUT2D eigenvalue weighted by Gasteiger charge is 2.20. The molecule has 3 rings (SSSR count). The van der Waals surface area contributed by atoms with Crippen molar-refractivity contribution < 1.29 is 9.53 Å². The number of ether oxygens (including phenoxy) is 1. The third-order valence-electron chi connectivity index (χ3n) is 3.43. The molecular formula is C16H15ClN4O2. The van der Waals surface area contributed by atoms with Crippen LogP contribution in [0, 0.1) is 0 Å². The molecule has 0 aliphatic rings. The zero-order valence-electron chi connectivity index (χ0n) is 12.7. The maximum Gasteiger partial charge on any atom is 0.275 e. The number of methoxy groups -OCH3 is 1. The Labute approximate surface area is 138 Å². The van der Waals surface area contributed by atoms with Gasteiger partial charge in [0.1, 0.15) is 11.5 Å². The number of carbonyl (C=O) groups excluding carboxylic acids is 1. The van der Waals surface area contributed by atoms with Gasteiger partial charge in [-0.25, -0.2) is 9.97 Å². The number of nitrogens with one attached hydrogen (secondary N) is 1. The summed E-state index contributed by atoms with van der Waals surface area (Å²) in [5, 5.41) is 3.28. The molecule has 0 aliphatic heterocycles. The van der Waals surface area contributed by atoms with Crippen LogP contribution in [0.2, 0.25) is 5.02 Å². The molecule has 0 atom stereocenters. The standard InChI is InChI=1S/C16H15ClN4O2/c1-3-11-14(16(22)20-13-7-6-10(17)9-18-13)21-8-4-5-12(23-2)15(21)19-11/h4-9H,3H2,1-2H3,(H,18,20,22). The molecule has 0 radical (unpaired) electrons. The van der Waals surface area contributed by atoms with Crippen molar-refractivity contribution in [1.29, 1.82) is 0 Å². The predicted octanol–water partition coefficient (Wildman–Crippen LogP) is 3.21. The Bertz CT molecular complexity index is 858. The quantitative estimate of drug-likeness (QED) is 0.797. The van der Waals surface area contributed by atoms with Crippen LogP contribution >= 0.6 is 11.6 Å².